The Morgan fingerprint density at radius 2 is 1.79 bits per heavy atom. The lowest BCUT2D eigenvalue weighted by Crippen LogP contribution is -2.48. The lowest BCUT2D eigenvalue weighted by molar-refractivity contribution is 0.0623. The summed E-state index contributed by atoms with van der Waals surface area (Å²) in [7, 11) is 0. The summed E-state index contributed by atoms with van der Waals surface area (Å²) in [5.41, 5.74) is 1.42. The Kier molecular flexibility index (Phi) is 5.75. The van der Waals surface area contributed by atoms with E-state index in [2.05, 4.69) is 31.0 Å². The van der Waals surface area contributed by atoms with Crippen LogP contribution in [0.4, 0.5) is 0 Å². The normalized spacial score (nSPS) is 15.0. The van der Waals surface area contributed by atoms with E-state index in [-0.39, 0.29) is 5.91 Å². The number of carbonyl (C=O) groups excluding carboxylic acids is 1. The van der Waals surface area contributed by atoms with Crippen molar-refractivity contribution in [3.63, 3.8) is 0 Å². The summed E-state index contributed by atoms with van der Waals surface area (Å²) in [5, 5.41) is 4.65. The first kappa shape index (κ1) is 19.1. The van der Waals surface area contributed by atoms with Crippen molar-refractivity contribution in [2.24, 2.45) is 0 Å². The molecule has 0 unspecified atom stereocenters. The zero-order chi connectivity index (χ0) is 19.5. The molecule has 8 heteroatoms. The first-order chi connectivity index (χ1) is 13.6. The van der Waals surface area contributed by atoms with Crippen molar-refractivity contribution in [3.8, 4) is 11.5 Å². The molecular formula is C20H18BrClN4O2. The molecule has 0 N–H and O–H groups in total. The topological polar surface area (TPSA) is 62.5 Å². The molecule has 1 aliphatic heterocycles. The average Bonchev–Trinajstić information content (AvgIpc) is 3.17. The van der Waals surface area contributed by atoms with Gasteiger partial charge in [0.25, 0.3) is 11.8 Å². The number of piperazine rings is 1. The fourth-order valence-electron chi connectivity index (χ4n) is 3.18. The van der Waals surface area contributed by atoms with Gasteiger partial charge in [0.1, 0.15) is 0 Å². The third-order valence-corrected chi connectivity index (χ3v) is 5.72. The molecule has 2 aromatic carbocycles. The van der Waals surface area contributed by atoms with Gasteiger partial charge >= 0.3 is 0 Å². The standard InChI is InChI=1S/C20H18BrClN4O2/c21-16-7-3-1-5-14(16)20(27)26-11-9-25(10-12-26)13-18-23-19(28-24-18)15-6-2-4-8-17(15)22/h1-8H,9-13H2. The van der Waals surface area contributed by atoms with Crippen LogP contribution in [0.25, 0.3) is 11.5 Å². The van der Waals surface area contributed by atoms with E-state index in [1.54, 1.807) is 6.07 Å². The minimum absolute atomic E-state index is 0.0488. The SMILES string of the molecule is O=C(c1ccccc1Br)N1CCN(Cc2noc(-c3ccccc3Cl)n2)CC1. The van der Waals surface area contributed by atoms with E-state index in [0.29, 0.717) is 41.9 Å². The summed E-state index contributed by atoms with van der Waals surface area (Å²) < 4.78 is 6.18. The van der Waals surface area contributed by atoms with Crippen LogP contribution in [0.1, 0.15) is 16.2 Å². The zero-order valence-electron chi connectivity index (χ0n) is 15.0. The molecule has 144 valence electrons. The molecule has 1 saturated heterocycles. The van der Waals surface area contributed by atoms with Gasteiger partial charge in [-0.3, -0.25) is 9.69 Å². The summed E-state index contributed by atoms with van der Waals surface area (Å²) in [4.78, 5) is 21.3. The molecule has 3 aromatic rings. The van der Waals surface area contributed by atoms with E-state index in [0.717, 1.165) is 23.1 Å². The second kappa shape index (κ2) is 8.43. The monoisotopic (exact) mass is 460 g/mol. The van der Waals surface area contributed by atoms with E-state index >= 15 is 0 Å². The zero-order valence-corrected chi connectivity index (χ0v) is 17.4. The second-order valence-corrected chi connectivity index (χ2v) is 7.81. The Balaban J connectivity index is 1.36. The molecule has 1 amide bonds. The van der Waals surface area contributed by atoms with Crippen LogP contribution in [-0.4, -0.2) is 52.0 Å². The van der Waals surface area contributed by atoms with Crippen LogP contribution < -0.4 is 0 Å². The Morgan fingerprint density at radius 3 is 2.54 bits per heavy atom. The predicted molar refractivity (Wildman–Crippen MR) is 110 cm³/mol. The number of hydrogen-bond acceptors (Lipinski definition) is 5. The molecule has 0 aliphatic carbocycles. The predicted octanol–water partition coefficient (Wildman–Crippen LogP) is 4.11. The van der Waals surface area contributed by atoms with E-state index in [4.69, 9.17) is 16.1 Å². The first-order valence-electron chi connectivity index (χ1n) is 8.95. The number of carbonyl (C=O) groups is 1. The van der Waals surface area contributed by atoms with Gasteiger partial charge in [-0.1, -0.05) is 41.0 Å². The summed E-state index contributed by atoms with van der Waals surface area (Å²) >= 11 is 9.64. The van der Waals surface area contributed by atoms with E-state index < -0.39 is 0 Å². The van der Waals surface area contributed by atoms with Gasteiger partial charge in [0, 0.05) is 30.7 Å². The molecule has 0 spiro atoms. The summed E-state index contributed by atoms with van der Waals surface area (Å²) in [6.45, 7) is 3.41. The Morgan fingerprint density at radius 1 is 1.07 bits per heavy atom. The third kappa shape index (κ3) is 4.11. The van der Waals surface area contributed by atoms with Crippen LogP contribution in [0.5, 0.6) is 0 Å². The average molecular weight is 462 g/mol. The lowest BCUT2D eigenvalue weighted by Gasteiger charge is -2.34. The number of amides is 1. The van der Waals surface area contributed by atoms with Crippen LogP contribution in [0, 0.1) is 0 Å². The number of nitrogens with zero attached hydrogens (tertiary/aromatic N) is 4. The summed E-state index contributed by atoms with van der Waals surface area (Å²) in [6, 6.07) is 14.9. The highest BCUT2D eigenvalue weighted by atomic mass is 79.9. The molecule has 28 heavy (non-hydrogen) atoms. The summed E-state index contributed by atoms with van der Waals surface area (Å²) in [5.74, 6) is 1.08. The number of halogens is 2. The van der Waals surface area contributed by atoms with Gasteiger partial charge in [0.05, 0.1) is 22.7 Å². The molecule has 1 aromatic heterocycles. The molecule has 1 fully saturated rings. The van der Waals surface area contributed by atoms with Crippen LogP contribution in [-0.2, 0) is 6.54 Å². The fraction of sp³-hybridized carbons (Fsp3) is 0.250. The van der Waals surface area contributed by atoms with Crippen molar-refractivity contribution in [2.45, 2.75) is 6.54 Å². The minimum atomic E-state index is 0.0488. The Labute approximate surface area is 176 Å². The van der Waals surface area contributed by atoms with Crippen molar-refractivity contribution in [1.29, 1.82) is 0 Å². The van der Waals surface area contributed by atoms with Crippen molar-refractivity contribution in [2.75, 3.05) is 26.2 Å². The summed E-state index contributed by atoms with van der Waals surface area (Å²) in [6.07, 6.45) is 0. The number of hydrogen-bond donors (Lipinski definition) is 0. The van der Waals surface area contributed by atoms with E-state index in [9.17, 15) is 4.79 Å². The number of benzene rings is 2. The van der Waals surface area contributed by atoms with Crippen LogP contribution in [0.3, 0.4) is 0 Å². The largest absolute Gasteiger partial charge is 0.336 e. The molecule has 6 nitrogen and oxygen atoms in total. The number of rotatable bonds is 4. The van der Waals surface area contributed by atoms with Crippen LogP contribution >= 0.6 is 27.5 Å². The van der Waals surface area contributed by atoms with Gasteiger partial charge in [0.15, 0.2) is 5.82 Å². The molecule has 0 bridgehead atoms. The van der Waals surface area contributed by atoms with E-state index in [1.807, 2.05) is 47.4 Å². The fourth-order valence-corrected chi connectivity index (χ4v) is 3.85. The maximum absolute atomic E-state index is 12.7. The highest BCUT2D eigenvalue weighted by molar-refractivity contribution is 9.10. The molecule has 0 atom stereocenters. The van der Waals surface area contributed by atoms with Gasteiger partial charge in [0.2, 0.25) is 0 Å². The van der Waals surface area contributed by atoms with Gasteiger partial charge in [-0.2, -0.15) is 4.98 Å². The van der Waals surface area contributed by atoms with Crippen molar-refractivity contribution in [1.82, 2.24) is 19.9 Å². The van der Waals surface area contributed by atoms with Crippen LogP contribution in [0.2, 0.25) is 5.02 Å². The smallest absolute Gasteiger partial charge is 0.259 e. The molecule has 4 rings (SSSR count). The second-order valence-electron chi connectivity index (χ2n) is 6.54. The number of aromatic nitrogens is 2. The van der Waals surface area contributed by atoms with Crippen molar-refractivity contribution < 1.29 is 9.32 Å². The maximum atomic E-state index is 12.7. The molecular weight excluding hydrogens is 444 g/mol. The van der Waals surface area contributed by atoms with Crippen LogP contribution in [0.15, 0.2) is 57.5 Å². The molecule has 0 radical (unpaired) electrons. The lowest BCUT2D eigenvalue weighted by atomic mass is 10.2. The Hall–Kier alpha value is -2.22. The van der Waals surface area contributed by atoms with Crippen molar-refractivity contribution >= 4 is 33.4 Å². The molecule has 1 aliphatic rings. The van der Waals surface area contributed by atoms with Gasteiger partial charge < -0.3 is 9.42 Å². The molecule has 2 heterocycles. The first-order valence-corrected chi connectivity index (χ1v) is 10.1. The van der Waals surface area contributed by atoms with Gasteiger partial charge in [-0.05, 0) is 40.2 Å². The highest BCUT2D eigenvalue weighted by Gasteiger charge is 2.24. The van der Waals surface area contributed by atoms with Gasteiger partial charge in [-0.25, -0.2) is 0 Å². The highest BCUT2D eigenvalue weighted by Crippen LogP contribution is 2.26. The van der Waals surface area contributed by atoms with Crippen molar-refractivity contribution in [3.05, 3.63) is 69.4 Å². The maximum Gasteiger partial charge on any atom is 0.259 e. The van der Waals surface area contributed by atoms with Gasteiger partial charge in [-0.15, -0.1) is 0 Å². The molecule has 0 saturated carbocycles. The Bertz CT molecular complexity index is 986. The minimum Gasteiger partial charge on any atom is -0.336 e. The van der Waals surface area contributed by atoms with E-state index in [1.165, 1.54) is 0 Å². The quantitative estimate of drug-likeness (QED) is 0.585. The third-order valence-electron chi connectivity index (χ3n) is 4.70.